The van der Waals surface area contributed by atoms with Crippen molar-refractivity contribution >= 4 is 6.08 Å². The summed E-state index contributed by atoms with van der Waals surface area (Å²) in [4.78, 5) is 0. The molecule has 11 atom stereocenters. The minimum absolute atomic E-state index is 0.0471. The Morgan fingerprint density at radius 2 is 1.27 bits per heavy atom. The maximum absolute atomic E-state index is 10.7. The molecule has 0 saturated carbocycles. The zero-order valence-electron chi connectivity index (χ0n) is 22.6. The SMILES string of the molecule is OCC1OC(OCC2OC(OC3=Cc4c(O)cc(O)cc4[OH+]C3c3cc(O)c(O)c(O)c3)C(O)C(O)C2O)C(O)C(O)C1O. The molecule has 2 aromatic rings. The first kappa shape index (κ1) is 31.8. The van der Waals surface area contributed by atoms with Crippen molar-refractivity contribution in [2.75, 3.05) is 13.2 Å². The van der Waals surface area contributed by atoms with Gasteiger partial charge in [0.1, 0.15) is 65.9 Å². The van der Waals surface area contributed by atoms with Crippen molar-refractivity contribution in [1.29, 1.82) is 0 Å². The predicted octanol–water partition coefficient (Wildman–Crippen LogP) is -2.81. The van der Waals surface area contributed by atoms with Gasteiger partial charge in [0, 0.05) is 12.1 Å². The molecule has 13 N–H and O–H groups in total. The number of aromatic hydroxyl groups is 6. The van der Waals surface area contributed by atoms with Crippen LogP contribution in [0.3, 0.4) is 0 Å². The van der Waals surface area contributed by atoms with Gasteiger partial charge in [-0.05, 0) is 12.1 Å². The van der Waals surface area contributed by atoms with E-state index in [0.717, 1.165) is 18.2 Å². The Kier molecular flexibility index (Phi) is 8.96. The standard InChI is InChI=1S/C27H32O17/c28-6-16-19(34)21(36)23(38)26(43-16)40-7-17-20(35)22(37)24(39)27(44-17)42-15-5-10-11(30)3-9(29)4-14(10)41-25(15)8-1-12(31)18(33)13(32)2-8/h1-5,16-17,19-39H,6-7H2/p+1. The summed E-state index contributed by atoms with van der Waals surface area (Å²) in [6.45, 7) is -1.34. The molecule has 0 aromatic heterocycles. The van der Waals surface area contributed by atoms with Crippen LogP contribution in [0.5, 0.6) is 34.5 Å². The smallest absolute Gasteiger partial charge is 0.270 e. The van der Waals surface area contributed by atoms with Gasteiger partial charge in [0.05, 0.1) is 24.8 Å². The molecule has 2 aromatic carbocycles. The van der Waals surface area contributed by atoms with Gasteiger partial charge in [-0.15, -0.1) is 0 Å². The number of hydrogen-bond donors (Lipinski definition) is 12. The molecule has 3 aliphatic rings. The topological polar surface area (TPSA) is 292 Å². The molecule has 242 valence electrons. The fourth-order valence-electron chi connectivity index (χ4n) is 5.09. The second-order valence-electron chi connectivity index (χ2n) is 10.5. The highest BCUT2D eigenvalue weighted by Crippen LogP contribution is 2.47. The van der Waals surface area contributed by atoms with E-state index in [1.165, 1.54) is 12.1 Å². The van der Waals surface area contributed by atoms with E-state index in [1.807, 2.05) is 0 Å². The summed E-state index contributed by atoms with van der Waals surface area (Å²) in [5.41, 5.74) is 0.112. The second kappa shape index (κ2) is 12.4. The Hall–Kier alpha value is -3.62. The average Bonchev–Trinajstić information content (AvgIpc) is 2.98. The van der Waals surface area contributed by atoms with Crippen molar-refractivity contribution < 1.29 is 85.0 Å². The fraction of sp³-hybridized carbons (Fsp3) is 0.481. The Labute approximate surface area is 247 Å². The monoisotopic (exact) mass is 629 g/mol. The third-order valence-corrected chi connectivity index (χ3v) is 7.55. The van der Waals surface area contributed by atoms with E-state index in [0.29, 0.717) is 0 Å². The summed E-state index contributed by atoms with van der Waals surface area (Å²) >= 11 is 0. The van der Waals surface area contributed by atoms with Crippen molar-refractivity contribution in [3.63, 3.8) is 0 Å². The van der Waals surface area contributed by atoms with Crippen molar-refractivity contribution in [3.05, 3.63) is 41.2 Å². The van der Waals surface area contributed by atoms with E-state index < -0.39 is 104 Å². The van der Waals surface area contributed by atoms with Crippen LogP contribution in [0.4, 0.5) is 0 Å². The van der Waals surface area contributed by atoms with Gasteiger partial charge >= 0.3 is 0 Å². The minimum atomic E-state index is -1.88. The maximum atomic E-state index is 10.7. The lowest BCUT2D eigenvalue weighted by atomic mass is 9.98. The molecule has 44 heavy (non-hydrogen) atoms. The zero-order chi connectivity index (χ0) is 32.0. The molecular formula is C27H33O17+. The van der Waals surface area contributed by atoms with Crippen LogP contribution in [0, 0.1) is 0 Å². The lowest BCUT2D eigenvalue weighted by Crippen LogP contribution is -2.61. The number of phenols is 5. The number of hydrogen-bond acceptors (Lipinski definition) is 16. The molecule has 3 aliphatic heterocycles. The molecule has 17 heteroatoms. The lowest BCUT2D eigenvalue weighted by Gasteiger charge is -2.43. The Bertz CT molecular complexity index is 1360. The molecular weight excluding hydrogens is 596 g/mol. The summed E-state index contributed by atoms with van der Waals surface area (Å²) in [6.07, 6.45) is -16.8. The van der Waals surface area contributed by atoms with E-state index in [-0.39, 0.29) is 28.4 Å². The number of aliphatic hydroxyl groups is 8. The Morgan fingerprint density at radius 1 is 0.682 bits per heavy atom. The van der Waals surface area contributed by atoms with Crippen LogP contribution in [-0.2, 0) is 18.9 Å². The number of ether oxygens (including phenoxy) is 5. The van der Waals surface area contributed by atoms with Crippen molar-refractivity contribution in [2.24, 2.45) is 0 Å². The van der Waals surface area contributed by atoms with Crippen LogP contribution in [0.1, 0.15) is 17.2 Å². The number of phenolic OH excluding ortho intramolecular Hbond substituents is 5. The third kappa shape index (κ3) is 5.89. The van der Waals surface area contributed by atoms with Gasteiger partial charge in [0.2, 0.25) is 6.29 Å². The summed E-state index contributed by atoms with van der Waals surface area (Å²) in [5.74, 6) is -3.08. The van der Waals surface area contributed by atoms with Gasteiger partial charge in [-0.25, -0.2) is 0 Å². The minimum Gasteiger partial charge on any atom is -0.571 e. The lowest BCUT2D eigenvalue weighted by molar-refractivity contribution is -0.328. The number of benzene rings is 2. The summed E-state index contributed by atoms with van der Waals surface area (Å²) in [5, 5.41) is 122. The van der Waals surface area contributed by atoms with Gasteiger partial charge in [-0.1, -0.05) is 0 Å². The van der Waals surface area contributed by atoms with Gasteiger partial charge in [-0.3, -0.25) is 0 Å². The summed E-state index contributed by atoms with van der Waals surface area (Å²) < 4.78 is 26.6. The van der Waals surface area contributed by atoms with E-state index in [9.17, 15) is 61.3 Å². The van der Waals surface area contributed by atoms with E-state index in [4.69, 9.17) is 18.9 Å². The van der Waals surface area contributed by atoms with Crippen LogP contribution in [0.15, 0.2) is 30.0 Å². The molecule has 0 radical (unpaired) electrons. The number of rotatable bonds is 7. The van der Waals surface area contributed by atoms with Gasteiger partial charge < -0.3 is 85.0 Å². The molecule has 11 unspecified atom stereocenters. The zero-order valence-corrected chi connectivity index (χ0v) is 22.6. The molecule has 2 saturated heterocycles. The normalized spacial score (nSPS) is 35.3. The average molecular weight is 630 g/mol. The van der Waals surface area contributed by atoms with Crippen LogP contribution >= 0.6 is 0 Å². The maximum Gasteiger partial charge on any atom is 0.270 e. The highest BCUT2D eigenvalue weighted by atomic mass is 16.7. The highest BCUT2D eigenvalue weighted by molar-refractivity contribution is 5.69. The molecule has 17 nitrogen and oxygen atoms in total. The molecule has 2 fully saturated rings. The van der Waals surface area contributed by atoms with Crippen LogP contribution < -0.4 is 0 Å². The quantitative estimate of drug-likeness (QED) is 0.109. The first-order valence-corrected chi connectivity index (χ1v) is 13.3. The fourth-order valence-corrected chi connectivity index (χ4v) is 5.09. The number of aliphatic hydroxyl groups excluding tert-OH is 7. The first-order chi connectivity index (χ1) is 20.8. The van der Waals surface area contributed by atoms with Crippen LogP contribution in [0.2, 0.25) is 0 Å². The molecule has 3 heterocycles. The van der Waals surface area contributed by atoms with E-state index in [2.05, 4.69) is 4.74 Å². The largest absolute Gasteiger partial charge is 0.571 e. The predicted molar refractivity (Wildman–Crippen MR) is 141 cm³/mol. The number of fused-ring (bicyclic) bond motifs is 1. The Balaban J connectivity index is 1.40. The van der Waals surface area contributed by atoms with Crippen LogP contribution in [0.25, 0.3) is 6.08 Å². The summed E-state index contributed by atoms with van der Waals surface area (Å²) in [7, 11) is 0. The third-order valence-electron chi connectivity index (χ3n) is 7.55. The van der Waals surface area contributed by atoms with Gasteiger partial charge in [0.25, 0.3) is 11.9 Å². The molecule has 0 aliphatic carbocycles. The van der Waals surface area contributed by atoms with Crippen molar-refractivity contribution in [3.8, 4) is 34.5 Å². The molecule has 0 spiro atoms. The highest BCUT2D eigenvalue weighted by Gasteiger charge is 2.49. The van der Waals surface area contributed by atoms with Crippen LogP contribution in [-0.4, -0.2) is 141 Å². The Morgan fingerprint density at radius 3 is 1.91 bits per heavy atom. The van der Waals surface area contributed by atoms with E-state index in [1.54, 1.807) is 0 Å². The van der Waals surface area contributed by atoms with Crippen molar-refractivity contribution in [1.82, 2.24) is 0 Å². The van der Waals surface area contributed by atoms with E-state index >= 15 is 0 Å². The van der Waals surface area contributed by atoms with Crippen molar-refractivity contribution in [2.45, 2.75) is 67.5 Å². The second-order valence-corrected chi connectivity index (χ2v) is 10.5. The summed E-state index contributed by atoms with van der Waals surface area (Å²) in [6, 6.07) is 4.36. The molecule has 0 bridgehead atoms. The molecule has 0 amide bonds. The first-order valence-electron chi connectivity index (χ1n) is 13.3. The molecule has 5 rings (SSSR count). The van der Waals surface area contributed by atoms with Gasteiger partial charge in [0.15, 0.2) is 29.3 Å². The van der Waals surface area contributed by atoms with Gasteiger partial charge in [-0.2, -0.15) is 0 Å².